The number of amides is 1. The van der Waals surface area contributed by atoms with Crippen LogP contribution in [0.25, 0.3) is 0 Å². The lowest BCUT2D eigenvalue weighted by Crippen LogP contribution is -2.11. The molecular formula is C18H27NO3. The third-order valence-corrected chi connectivity index (χ3v) is 3.60. The number of carbonyl (C=O) groups is 2. The summed E-state index contributed by atoms with van der Waals surface area (Å²) in [6.07, 6.45) is 7.87. The second-order valence-corrected chi connectivity index (χ2v) is 5.66. The third kappa shape index (κ3) is 8.45. The molecule has 0 spiro atoms. The van der Waals surface area contributed by atoms with Crippen LogP contribution in [0.1, 0.15) is 63.9 Å². The number of unbranched alkanes of at least 4 members (excludes halogenated alkanes) is 4. The lowest BCUT2D eigenvalue weighted by Gasteiger charge is -2.06. The van der Waals surface area contributed by atoms with Crippen LogP contribution in [0.4, 0.5) is 5.69 Å². The molecule has 2 N–H and O–H groups in total. The van der Waals surface area contributed by atoms with E-state index < -0.39 is 5.97 Å². The molecule has 1 aromatic carbocycles. The minimum absolute atomic E-state index is 0.0649. The fraction of sp³-hybridized carbons (Fsp3) is 0.556. The average Bonchev–Trinajstić information content (AvgIpc) is 2.48. The fourth-order valence-electron chi connectivity index (χ4n) is 2.31. The summed E-state index contributed by atoms with van der Waals surface area (Å²) in [6.45, 7) is 2.18. The van der Waals surface area contributed by atoms with Gasteiger partial charge in [-0.05, 0) is 37.0 Å². The Balaban J connectivity index is 2.25. The Morgan fingerprint density at radius 1 is 0.955 bits per heavy atom. The van der Waals surface area contributed by atoms with E-state index in [2.05, 4.69) is 12.2 Å². The number of nitrogens with one attached hydrogen (secondary N) is 1. The Kier molecular flexibility index (Phi) is 8.96. The maximum Gasteiger partial charge on any atom is 0.303 e. The highest BCUT2D eigenvalue weighted by atomic mass is 16.4. The molecule has 0 atom stereocenters. The van der Waals surface area contributed by atoms with Gasteiger partial charge in [-0.1, -0.05) is 44.7 Å². The first-order chi connectivity index (χ1) is 10.6. The predicted molar refractivity (Wildman–Crippen MR) is 89.0 cm³/mol. The van der Waals surface area contributed by atoms with Gasteiger partial charge in [0.15, 0.2) is 0 Å². The number of benzene rings is 1. The molecule has 0 aliphatic rings. The summed E-state index contributed by atoms with van der Waals surface area (Å²) in [4.78, 5) is 22.3. The zero-order valence-corrected chi connectivity index (χ0v) is 13.4. The maximum absolute atomic E-state index is 11.8. The SMILES string of the molecule is CCCCCCCC(=O)Nc1ccc(CCCC(=O)O)cc1. The molecule has 0 aromatic heterocycles. The highest BCUT2D eigenvalue weighted by molar-refractivity contribution is 5.90. The molecule has 0 unspecified atom stereocenters. The van der Waals surface area contributed by atoms with Crippen LogP contribution in [0.15, 0.2) is 24.3 Å². The van der Waals surface area contributed by atoms with Crippen molar-refractivity contribution in [2.75, 3.05) is 5.32 Å². The standard InChI is InChI=1S/C18H27NO3/c1-2-3-4-5-6-9-17(20)19-16-13-11-15(12-14-16)8-7-10-18(21)22/h11-14H,2-10H2,1H3,(H,19,20)(H,21,22). The van der Waals surface area contributed by atoms with Crippen molar-refractivity contribution in [3.05, 3.63) is 29.8 Å². The van der Waals surface area contributed by atoms with E-state index >= 15 is 0 Å². The van der Waals surface area contributed by atoms with E-state index in [1.165, 1.54) is 19.3 Å². The zero-order valence-electron chi connectivity index (χ0n) is 13.4. The van der Waals surface area contributed by atoms with Crippen molar-refractivity contribution < 1.29 is 14.7 Å². The number of hydrogen-bond acceptors (Lipinski definition) is 2. The van der Waals surface area contributed by atoms with Crippen molar-refractivity contribution in [2.45, 2.75) is 64.7 Å². The summed E-state index contributed by atoms with van der Waals surface area (Å²) in [5, 5.41) is 11.5. The smallest absolute Gasteiger partial charge is 0.303 e. The fourth-order valence-corrected chi connectivity index (χ4v) is 2.31. The van der Waals surface area contributed by atoms with E-state index in [0.29, 0.717) is 12.8 Å². The molecule has 1 aromatic rings. The molecule has 1 amide bonds. The Morgan fingerprint density at radius 2 is 1.64 bits per heavy atom. The Hall–Kier alpha value is -1.84. The van der Waals surface area contributed by atoms with Crippen LogP contribution in [0.3, 0.4) is 0 Å². The Bertz CT molecular complexity index is 454. The number of carbonyl (C=O) groups excluding carboxylic acids is 1. The minimum Gasteiger partial charge on any atom is -0.481 e. The van der Waals surface area contributed by atoms with Crippen LogP contribution in [0, 0.1) is 0 Å². The molecule has 1 rings (SSSR count). The summed E-state index contributed by atoms with van der Waals surface area (Å²) in [5.74, 6) is -0.696. The van der Waals surface area contributed by atoms with Gasteiger partial charge in [-0.3, -0.25) is 9.59 Å². The molecule has 0 saturated carbocycles. The van der Waals surface area contributed by atoms with Crippen LogP contribution < -0.4 is 5.32 Å². The van der Waals surface area contributed by atoms with Crippen molar-refractivity contribution in [3.8, 4) is 0 Å². The molecule has 0 aliphatic carbocycles. The molecule has 0 saturated heterocycles. The number of aryl methyl sites for hydroxylation is 1. The van der Waals surface area contributed by atoms with E-state index in [9.17, 15) is 9.59 Å². The van der Waals surface area contributed by atoms with Crippen molar-refractivity contribution in [1.82, 2.24) is 0 Å². The number of carboxylic acid groups (broad SMARTS) is 1. The highest BCUT2D eigenvalue weighted by Crippen LogP contribution is 2.13. The van der Waals surface area contributed by atoms with Crippen molar-refractivity contribution in [3.63, 3.8) is 0 Å². The summed E-state index contributed by atoms with van der Waals surface area (Å²) >= 11 is 0. The molecule has 0 fully saturated rings. The average molecular weight is 305 g/mol. The second kappa shape index (κ2) is 10.8. The lowest BCUT2D eigenvalue weighted by atomic mass is 10.1. The number of rotatable bonds is 11. The van der Waals surface area contributed by atoms with E-state index in [1.54, 1.807) is 0 Å². The molecule has 0 aliphatic heterocycles. The summed E-state index contributed by atoms with van der Waals surface area (Å²) < 4.78 is 0. The van der Waals surface area contributed by atoms with Gasteiger partial charge in [-0.25, -0.2) is 0 Å². The van der Waals surface area contributed by atoms with E-state index in [-0.39, 0.29) is 12.3 Å². The predicted octanol–water partition coefficient (Wildman–Crippen LogP) is 4.39. The topological polar surface area (TPSA) is 66.4 Å². The first-order valence-corrected chi connectivity index (χ1v) is 8.22. The van der Waals surface area contributed by atoms with Crippen LogP contribution in [-0.2, 0) is 16.0 Å². The first kappa shape index (κ1) is 18.2. The minimum atomic E-state index is -0.761. The van der Waals surface area contributed by atoms with Gasteiger partial charge in [0, 0.05) is 18.5 Å². The van der Waals surface area contributed by atoms with Crippen LogP contribution >= 0.6 is 0 Å². The van der Waals surface area contributed by atoms with Crippen LogP contribution in [0.5, 0.6) is 0 Å². The summed E-state index contributed by atoms with van der Waals surface area (Å²) in [6, 6.07) is 7.65. The lowest BCUT2D eigenvalue weighted by molar-refractivity contribution is -0.137. The van der Waals surface area contributed by atoms with Crippen LogP contribution in [0.2, 0.25) is 0 Å². The number of hydrogen-bond donors (Lipinski definition) is 2. The first-order valence-electron chi connectivity index (χ1n) is 8.22. The number of aliphatic carboxylic acids is 1. The summed E-state index contributed by atoms with van der Waals surface area (Å²) in [5.41, 5.74) is 1.90. The largest absolute Gasteiger partial charge is 0.481 e. The van der Waals surface area contributed by atoms with Crippen molar-refractivity contribution in [2.24, 2.45) is 0 Å². The molecular weight excluding hydrogens is 278 g/mol. The number of anilines is 1. The van der Waals surface area contributed by atoms with E-state index in [4.69, 9.17) is 5.11 Å². The van der Waals surface area contributed by atoms with Gasteiger partial charge in [0.1, 0.15) is 0 Å². The van der Waals surface area contributed by atoms with Gasteiger partial charge < -0.3 is 10.4 Å². The van der Waals surface area contributed by atoms with Gasteiger partial charge in [0.25, 0.3) is 0 Å². The monoisotopic (exact) mass is 305 g/mol. The molecule has 0 radical (unpaired) electrons. The quantitative estimate of drug-likeness (QED) is 0.596. The van der Waals surface area contributed by atoms with Crippen molar-refractivity contribution >= 4 is 17.6 Å². The molecule has 4 nitrogen and oxygen atoms in total. The Morgan fingerprint density at radius 3 is 2.27 bits per heavy atom. The van der Waals surface area contributed by atoms with Gasteiger partial charge in [0.05, 0.1) is 0 Å². The molecule has 0 bridgehead atoms. The van der Waals surface area contributed by atoms with Gasteiger partial charge in [-0.15, -0.1) is 0 Å². The zero-order chi connectivity index (χ0) is 16.2. The maximum atomic E-state index is 11.8. The molecule has 122 valence electrons. The van der Waals surface area contributed by atoms with Crippen LogP contribution in [-0.4, -0.2) is 17.0 Å². The van der Waals surface area contributed by atoms with Gasteiger partial charge in [-0.2, -0.15) is 0 Å². The van der Waals surface area contributed by atoms with Crippen molar-refractivity contribution in [1.29, 1.82) is 0 Å². The summed E-state index contributed by atoms with van der Waals surface area (Å²) in [7, 11) is 0. The van der Waals surface area contributed by atoms with Gasteiger partial charge in [0.2, 0.25) is 5.91 Å². The molecule has 4 heteroatoms. The normalized spacial score (nSPS) is 10.4. The third-order valence-electron chi connectivity index (χ3n) is 3.60. The number of carboxylic acids is 1. The van der Waals surface area contributed by atoms with E-state index in [0.717, 1.165) is 30.5 Å². The Labute approximate surface area is 132 Å². The van der Waals surface area contributed by atoms with E-state index in [1.807, 2.05) is 24.3 Å². The highest BCUT2D eigenvalue weighted by Gasteiger charge is 2.03. The second-order valence-electron chi connectivity index (χ2n) is 5.66. The molecule has 22 heavy (non-hydrogen) atoms. The molecule has 0 heterocycles. The van der Waals surface area contributed by atoms with Gasteiger partial charge >= 0.3 is 5.97 Å².